The Balaban J connectivity index is 1.03. The van der Waals surface area contributed by atoms with Crippen LogP contribution in [0.5, 0.6) is 11.5 Å². The van der Waals surface area contributed by atoms with Gasteiger partial charge in [0.05, 0.1) is 5.41 Å². The van der Waals surface area contributed by atoms with Crippen molar-refractivity contribution in [2.75, 3.05) is 4.90 Å². The van der Waals surface area contributed by atoms with E-state index in [-0.39, 0.29) is 0 Å². The Bertz CT molecular complexity index is 3140. The molecule has 0 aromatic heterocycles. The van der Waals surface area contributed by atoms with Crippen LogP contribution in [-0.4, -0.2) is 0 Å². The second kappa shape index (κ2) is 13.2. The smallest absolute Gasteiger partial charge is 0.140 e. The van der Waals surface area contributed by atoms with Gasteiger partial charge >= 0.3 is 0 Å². The lowest BCUT2D eigenvalue weighted by molar-refractivity contribution is 0.447. The molecule has 0 bridgehead atoms. The van der Waals surface area contributed by atoms with Gasteiger partial charge in [0.2, 0.25) is 0 Å². The van der Waals surface area contributed by atoms with Crippen LogP contribution in [0.15, 0.2) is 224 Å². The van der Waals surface area contributed by atoms with Crippen molar-refractivity contribution < 1.29 is 4.74 Å². The van der Waals surface area contributed by atoms with Crippen molar-refractivity contribution in [2.24, 2.45) is 0 Å². The van der Waals surface area contributed by atoms with Crippen LogP contribution in [0.3, 0.4) is 0 Å². The maximum absolute atomic E-state index is 7.16. The third kappa shape index (κ3) is 5.06. The van der Waals surface area contributed by atoms with E-state index in [9.17, 15) is 0 Å². The van der Waals surface area contributed by atoms with Gasteiger partial charge in [0, 0.05) is 39.0 Å². The van der Waals surface area contributed by atoms with Crippen molar-refractivity contribution >= 4 is 38.6 Å². The van der Waals surface area contributed by atoms with Crippen molar-refractivity contribution in [3.8, 4) is 44.9 Å². The molecule has 1 aliphatic heterocycles. The molecule has 0 saturated carbocycles. The maximum atomic E-state index is 7.16. The molecule has 0 amide bonds. The van der Waals surface area contributed by atoms with E-state index in [2.05, 4.69) is 229 Å². The monoisotopic (exact) mass is 751 g/mol. The average Bonchev–Trinajstić information content (AvgIpc) is 3.60. The molecule has 0 N–H and O–H groups in total. The van der Waals surface area contributed by atoms with Crippen LogP contribution in [0.25, 0.3) is 54.9 Å². The number of hydrogen-bond donors (Lipinski definition) is 0. The van der Waals surface area contributed by atoms with E-state index >= 15 is 0 Å². The van der Waals surface area contributed by atoms with Crippen molar-refractivity contribution in [1.82, 2.24) is 0 Å². The van der Waals surface area contributed by atoms with Gasteiger partial charge < -0.3 is 9.64 Å². The van der Waals surface area contributed by atoms with Gasteiger partial charge in [-0.1, -0.05) is 188 Å². The second-order valence-electron chi connectivity index (χ2n) is 15.6. The van der Waals surface area contributed by atoms with E-state index < -0.39 is 5.41 Å². The molecule has 10 aromatic carbocycles. The summed E-state index contributed by atoms with van der Waals surface area (Å²) in [4.78, 5) is 2.38. The minimum atomic E-state index is -0.587. The molecule has 276 valence electrons. The Labute approximate surface area is 343 Å². The van der Waals surface area contributed by atoms with Gasteiger partial charge in [-0.05, 0) is 91.7 Å². The first-order valence-electron chi connectivity index (χ1n) is 20.3. The van der Waals surface area contributed by atoms with Crippen LogP contribution in [-0.2, 0) is 5.41 Å². The van der Waals surface area contributed by atoms with Gasteiger partial charge in [-0.3, -0.25) is 0 Å². The topological polar surface area (TPSA) is 12.5 Å². The van der Waals surface area contributed by atoms with E-state index in [1.807, 2.05) is 0 Å². The molecule has 2 nitrogen and oxygen atoms in total. The fourth-order valence-corrected chi connectivity index (χ4v) is 9.85. The summed E-state index contributed by atoms with van der Waals surface area (Å²) in [6, 6.07) is 81.5. The highest BCUT2D eigenvalue weighted by Crippen LogP contribution is 2.64. The zero-order valence-electron chi connectivity index (χ0n) is 32.2. The van der Waals surface area contributed by atoms with Gasteiger partial charge in [0.25, 0.3) is 0 Å². The van der Waals surface area contributed by atoms with Crippen LogP contribution < -0.4 is 9.64 Å². The lowest BCUT2D eigenvalue weighted by Crippen LogP contribution is -2.32. The van der Waals surface area contributed by atoms with Gasteiger partial charge in [-0.25, -0.2) is 0 Å². The zero-order chi connectivity index (χ0) is 38.9. The summed E-state index contributed by atoms with van der Waals surface area (Å²) < 4.78 is 7.16. The summed E-state index contributed by atoms with van der Waals surface area (Å²) >= 11 is 0. The van der Waals surface area contributed by atoms with Crippen LogP contribution in [0.1, 0.15) is 22.3 Å². The first-order valence-corrected chi connectivity index (χ1v) is 20.3. The Hall–Kier alpha value is -7.68. The molecule has 1 spiro atoms. The molecular weight excluding hydrogens is 715 g/mol. The molecule has 0 radical (unpaired) electrons. The third-order valence-corrected chi connectivity index (χ3v) is 12.5. The van der Waals surface area contributed by atoms with Crippen molar-refractivity contribution in [3.63, 3.8) is 0 Å². The maximum Gasteiger partial charge on any atom is 0.140 e. The fourth-order valence-electron chi connectivity index (χ4n) is 9.85. The number of rotatable bonds is 5. The summed E-state index contributed by atoms with van der Waals surface area (Å²) in [5.74, 6) is 1.86. The van der Waals surface area contributed by atoms with E-state index in [0.29, 0.717) is 0 Å². The minimum absolute atomic E-state index is 0.587. The van der Waals surface area contributed by atoms with E-state index in [1.165, 1.54) is 66.4 Å². The second-order valence-corrected chi connectivity index (χ2v) is 15.6. The molecule has 0 fully saturated rings. The molecular formula is C57H37NO. The van der Waals surface area contributed by atoms with E-state index in [0.717, 1.165) is 39.3 Å². The Kier molecular flexibility index (Phi) is 7.48. The molecule has 12 rings (SSSR count). The van der Waals surface area contributed by atoms with Crippen molar-refractivity contribution in [3.05, 3.63) is 247 Å². The molecule has 1 aliphatic carbocycles. The first kappa shape index (κ1) is 33.5. The number of ether oxygens (including phenoxy) is 1. The normalized spacial score (nSPS) is 13.0. The molecule has 1 heterocycles. The quantitative estimate of drug-likeness (QED) is 0.174. The Morgan fingerprint density at radius 2 is 0.746 bits per heavy atom. The summed E-state index contributed by atoms with van der Waals surface area (Å²) in [6.07, 6.45) is 0. The number of benzene rings is 10. The van der Waals surface area contributed by atoms with E-state index in [1.54, 1.807) is 0 Å². The Morgan fingerprint density at radius 1 is 0.305 bits per heavy atom. The molecule has 2 heteroatoms. The highest BCUT2D eigenvalue weighted by molar-refractivity contribution is 6.00. The molecule has 59 heavy (non-hydrogen) atoms. The number of fused-ring (bicyclic) bond motifs is 13. The van der Waals surface area contributed by atoms with Crippen molar-refractivity contribution in [1.29, 1.82) is 0 Å². The molecule has 2 aliphatic rings. The highest BCUT2D eigenvalue weighted by Gasteiger charge is 2.52. The first-order chi connectivity index (χ1) is 29.3. The van der Waals surface area contributed by atoms with Crippen LogP contribution in [0.2, 0.25) is 0 Å². The SMILES string of the molecule is c1ccc(-c2ccc(-c3ccc(N(c4ccccc4)c4ccc5c(c4)-c4ccccc4C54c5ccc6ccccc6c5Oc5c4ccc4ccccc54)cc3)cc2)cc1. The summed E-state index contributed by atoms with van der Waals surface area (Å²) in [5.41, 5.74) is 14.9. The molecule has 0 unspecified atom stereocenters. The fraction of sp³-hybridized carbons (Fsp3) is 0.0175. The molecule has 10 aromatic rings. The average molecular weight is 752 g/mol. The summed E-state index contributed by atoms with van der Waals surface area (Å²) in [6.45, 7) is 0. The van der Waals surface area contributed by atoms with Crippen LogP contribution in [0, 0.1) is 0 Å². The van der Waals surface area contributed by atoms with E-state index in [4.69, 9.17) is 4.74 Å². The lowest BCUT2D eigenvalue weighted by Gasteiger charge is -2.40. The molecule has 0 atom stereocenters. The minimum Gasteiger partial charge on any atom is -0.455 e. The van der Waals surface area contributed by atoms with Gasteiger partial charge in [-0.2, -0.15) is 0 Å². The molecule has 0 saturated heterocycles. The van der Waals surface area contributed by atoms with Gasteiger partial charge in [-0.15, -0.1) is 0 Å². The van der Waals surface area contributed by atoms with Gasteiger partial charge in [0.1, 0.15) is 11.5 Å². The zero-order valence-corrected chi connectivity index (χ0v) is 32.2. The highest BCUT2D eigenvalue weighted by atomic mass is 16.5. The number of nitrogens with zero attached hydrogens (tertiary/aromatic N) is 1. The van der Waals surface area contributed by atoms with Gasteiger partial charge in [0.15, 0.2) is 0 Å². The van der Waals surface area contributed by atoms with Crippen molar-refractivity contribution in [2.45, 2.75) is 5.41 Å². The predicted octanol–water partition coefficient (Wildman–Crippen LogP) is 15.3. The predicted molar refractivity (Wildman–Crippen MR) is 244 cm³/mol. The standard InChI is InChI=1S/C57H37NO/c1-3-13-38(14-4-1)39-23-25-40(26-24-39)41-27-31-45(32-28-41)58(44-17-5-2-6-18-44)46-33-36-52-50(37-46)49-21-11-12-22-51(49)57(52)53-34-29-42-15-7-9-19-47(42)55(53)59-56-48-20-10-8-16-43(48)30-35-54(56)57/h1-37H. The largest absolute Gasteiger partial charge is 0.455 e. The number of anilines is 3. The number of para-hydroxylation sites is 1. The number of hydrogen-bond acceptors (Lipinski definition) is 2. The van der Waals surface area contributed by atoms with Crippen LogP contribution >= 0.6 is 0 Å². The third-order valence-electron chi connectivity index (χ3n) is 12.5. The summed E-state index contributed by atoms with van der Waals surface area (Å²) in [7, 11) is 0. The lowest BCUT2D eigenvalue weighted by atomic mass is 9.65. The Morgan fingerprint density at radius 3 is 1.37 bits per heavy atom. The van der Waals surface area contributed by atoms with Crippen LogP contribution in [0.4, 0.5) is 17.1 Å². The summed E-state index contributed by atoms with van der Waals surface area (Å²) in [5, 5.41) is 4.58.